The van der Waals surface area contributed by atoms with Crippen LogP contribution in [0.4, 0.5) is 0 Å². The van der Waals surface area contributed by atoms with Gasteiger partial charge in [-0.2, -0.15) is 0 Å². The minimum Gasteiger partial charge on any atom is -0.322 e. The van der Waals surface area contributed by atoms with Crippen LogP contribution in [0.5, 0.6) is 0 Å². The maximum atomic E-state index is 11.7. The molecule has 1 heterocycles. The van der Waals surface area contributed by atoms with Crippen molar-refractivity contribution in [1.29, 1.82) is 0 Å². The number of ketones is 1. The van der Waals surface area contributed by atoms with Crippen LogP contribution in [0.3, 0.4) is 0 Å². The molecule has 1 rings (SSSR count). The molecule has 2 N–H and O–H groups in total. The molecule has 0 aromatic carbocycles. The number of thiazole rings is 1. The summed E-state index contributed by atoms with van der Waals surface area (Å²) in [6.45, 7) is 3.35. The van der Waals surface area contributed by atoms with Crippen LogP contribution in [0.15, 0.2) is 5.38 Å². The minimum absolute atomic E-state index is 0.0156. The number of aromatic nitrogens is 1. The predicted molar refractivity (Wildman–Crippen MR) is 68.0 cm³/mol. The van der Waals surface area contributed by atoms with Gasteiger partial charge in [-0.15, -0.1) is 11.3 Å². The van der Waals surface area contributed by atoms with Gasteiger partial charge in [0.05, 0.1) is 11.8 Å². The summed E-state index contributed by atoms with van der Waals surface area (Å²) in [6, 6.07) is -0.207. The highest BCUT2D eigenvalue weighted by Gasteiger charge is 2.16. The first-order chi connectivity index (χ1) is 7.85. The lowest BCUT2D eigenvalue weighted by Crippen LogP contribution is -2.13. The Kier molecular flexibility index (Phi) is 4.79. The molecule has 1 unspecified atom stereocenters. The zero-order chi connectivity index (χ0) is 13.1. The number of hydrogen-bond donors (Lipinski definition) is 1. The van der Waals surface area contributed by atoms with Crippen LogP contribution in [0.25, 0.3) is 0 Å². The van der Waals surface area contributed by atoms with Crippen LogP contribution in [0.1, 0.15) is 41.8 Å². The molecule has 0 amide bonds. The lowest BCUT2D eigenvalue weighted by Gasteiger charge is -1.99. The SMILES string of the molecule is CCS(=O)(=O)CCC(=O)c1csc(C(C)N)n1. The normalized spacial score (nSPS) is 13.6. The van der Waals surface area contributed by atoms with Gasteiger partial charge in [0.25, 0.3) is 0 Å². The van der Waals surface area contributed by atoms with Crippen molar-refractivity contribution in [3.63, 3.8) is 0 Å². The lowest BCUT2D eigenvalue weighted by atomic mass is 10.2. The second-order valence-corrected chi connectivity index (χ2v) is 7.13. The molecule has 5 nitrogen and oxygen atoms in total. The molecule has 17 heavy (non-hydrogen) atoms. The van der Waals surface area contributed by atoms with Crippen molar-refractivity contribution in [2.45, 2.75) is 26.3 Å². The van der Waals surface area contributed by atoms with E-state index in [0.29, 0.717) is 10.7 Å². The Labute approximate surface area is 105 Å². The maximum absolute atomic E-state index is 11.7. The van der Waals surface area contributed by atoms with E-state index in [9.17, 15) is 13.2 Å². The number of carbonyl (C=O) groups excluding carboxylic acids is 1. The summed E-state index contributed by atoms with van der Waals surface area (Å²) in [5, 5.41) is 2.31. The van der Waals surface area contributed by atoms with E-state index < -0.39 is 9.84 Å². The monoisotopic (exact) mass is 276 g/mol. The first kappa shape index (κ1) is 14.3. The molecule has 0 spiro atoms. The van der Waals surface area contributed by atoms with Gasteiger partial charge in [0, 0.05) is 17.6 Å². The Hall–Kier alpha value is -0.790. The predicted octanol–water partition coefficient (Wildman–Crippen LogP) is 1.17. The van der Waals surface area contributed by atoms with Crippen LogP contribution in [-0.4, -0.2) is 30.7 Å². The number of Topliss-reactive ketones (excluding diaryl/α,β-unsaturated/α-hetero) is 1. The number of hydrogen-bond acceptors (Lipinski definition) is 6. The summed E-state index contributed by atoms with van der Waals surface area (Å²) in [7, 11) is -3.10. The third-order valence-electron chi connectivity index (χ3n) is 2.28. The van der Waals surface area contributed by atoms with Crippen molar-refractivity contribution in [1.82, 2.24) is 4.98 Å². The Bertz CT molecular complexity index is 491. The zero-order valence-electron chi connectivity index (χ0n) is 9.84. The maximum Gasteiger partial charge on any atom is 0.183 e. The van der Waals surface area contributed by atoms with Gasteiger partial charge < -0.3 is 5.73 Å². The highest BCUT2D eigenvalue weighted by molar-refractivity contribution is 7.91. The molecule has 1 aromatic rings. The van der Waals surface area contributed by atoms with Gasteiger partial charge in [-0.3, -0.25) is 4.79 Å². The fourth-order valence-corrected chi connectivity index (χ4v) is 2.71. The molecule has 7 heteroatoms. The van der Waals surface area contributed by atoms with Gasteiger partial charge in [-0.1, -0.05) is 6.92 Å². The van der Waals surface area contributed by atoms with Crippen molar-refractivity contribution in [2.75, 3.05) is 11.5 Å². The molecule has 1 aromatic heterocycles. The van der Waals surface area contributed by atoms with E-state index in [0.717, 1.165) is 0 Å². The average Bonchev–Trinajstić information content (AvgIpc) is 2.75. The summed E-state index contributed by atoms with van der Waals surface area (Å²) in [5.41, 5.74) is 5.95. The number of nitrogens with two attached hydrogens (primary N) is 1. The minimum atomic E-state index is -3.10. The number of carbonyl (C=O) groups is 1. The Balaban J connectivity index is 2.64. The van der Waals surface area contributed by atoms with Crippen molar-refractivity contribution >= 4 is 27.0 Å². The Morgan fingerprint density at radius 3 is 2.71 bits per heavy atom. The van der Waals surface area contributed by atoms with E-state index in [-0.39, 0.29) is 29.8 Å². The van der Waals surface area contributed by atoms with Crippen LogP contribution in [0, 0.1) is 0 Å². The van der Waals surface area contributed by atoms with E-state index in [4.69, 9.17) is 5.73 Å². The van der Waals surface area contributed by atoms with E-state index in [1.165, 1.54) is 11.3 Å². The molecular formula is C10H16N2O3S2. The molecular weight excluding hydrogens is 260 g/mol. The van der Waals surface area contributed by atoms with Crippen LogP contribution < -0.4 is 5.73 Å². The summed E-state index contributed by atoms with van der Waals surface area (Å²) < 4.78 is 22.5. The summed E-state index contributed by atoms with van der Waals surface area (Å²) in [6.07, 6.45) is -0.0156. The van der Waals surface area contributed by atoms with Crippen molar-refractivity contribution < 1.29 is 13.2 Å². The second-order valence-electron chi connectivity index (χ2n) is 3.77. The summed E-state index contributed by atoms with van der Waals surface area (Å²) in [5.74, 6) is -0.305. The molecule has 0 aliphatic rings. The van der Waals surface area contributed by atoms with Crippen LogP contribution in [-0.2, 0) is 9.84 Å². The molecule has 0 bridgehead atoms. The van der Waals surface area contributed by atoms with E-state index in [1.54, 1.807) is 19.2 Å². The molecule has 1 atom stereocenters. The molecule has 0 aliphatic carbocycles. The molecule has 0 aliphatic heterocycles. The quantitative estimate of drug-likeness (QED) is 0.788. The second kappa shape index (κ2) is 5.70. The first-order valence-electron chi connectivity index (χ1n) is 5.30. The topological polar surface area (TPSA) is 90.1 Å². The Morgan fingerprint density at radius 1 is 1.59 bits per heavy atom. The molecule has 0 saturated carbocycles. The van der Waals surface area contributed by atoms with E-state index >= 15 is 0 Å². The molecule has 0 radical (unpaired) electrons. The third kappa shape index (κ3) is 4.18. The van der Waals surface area contributed by atoms with E-state index in [2.05, 4.69) is 4.98 Å². The van der Waals surface area contributed by atoms with Gasteiger partial charge >= 0.3 is 0 Å². The summed E-state index contributed by atoms with van der Waals surface area (Å²) in [4.78, 5) is 15.8. The number of rotatable bonds is 6. The van der Waals surface area contributed by atoms with Crippen molar-refractivity contribution in [3.05, 3.63) is 16.1 Å². The first-order valence-corrected chi connectivity index (χ1v) is 8.00. The average molecular weight is 276 g/mol. The fourth-order valence-electron chi connectivity index (χ4n) is 1.15. The standard InChI is InChI=1S/C10H16N2O3S2/c1-3-17(14,15)5-4-9(13)8-6-16-10(12-8)7(2)11/h6-7H,3-5,11H2,1-2H3. The smallest absolute Gasteiger partial charge is 0.183 e. The van der Waals surface area contributed by atoms with Gasteiger partial charge in [-0.05, 0) is 6.92 Å². The lowest BCUT2D eigenvalue weighted by molar-refractivity contribution is 0.0984. The Morgan fingerprint density at radius 2 is 2.24 bits per heavy atom. The number of nitrogens with zero attached hydrogens (tertiary/aromatic N) is 1. The van der Waals surface area contributed by atoms with Crippen LogP contribution in [0.2, 0.25) is 0 Å². The van der Waals surface area contributed by atoms with Gasteiger partial charge in [0.2, 0.25) is 0 Å². The largest absolute Gasteiger partial charge is 0.322 e. The molecule has 96 valence electrons. The highest BCUT2D eigenvalue weighted by Crippen LogP contribution is 2.17. The molecule has 0 fully saturated rings. The fraction of sp³-hybridized carbons (Fsp3) is 0.600. The highest BCUT2D eigenvalue weighted by atomic mass is 32.2. The van der Waals surface area contributed by atoms with E-state index in [1.807, 2.05) is 0 Å². The zero-order valence-corrected chi connectivity index (χ0v) is 11.5. The summed E-state index contributed by atoms with van der Waals surface area (Å²) >= 11 is 1.32. The van der Waals surface area contributed by atoms with Crippen LogP contribution >= 0.6 is 11.3 Å². The van der Waals surface area contributed by atoms with Crippen molar-refractivity contribution in [3.8, 4) is 0 Å². The van der Waals surface area contributed by atoms with Gasteiger partial charge in [-0.25, -0.2) is 13.4 Å². The van der Waals surface area contributed by atoms with Gasteiger partial charge in [0.1, 0.15) is 20.5 Å². The van der Waals surface area contributed by atoms with Gasteiger partial charge in [0.15, 0.2) is 5.78 Å². The molecule has 0 saturated heterocycles. The third-order valence-corrected chi connectivity index (χ3v) is 5.03. The van der Waals surface area contributed by atoms with Crippen molar-refractivity contribution in [2.24, 2.45) is 5.73 Å². The number of sulfone groups is 1.